The van der Waals surface area contributed by atoms with Crippen LogP contribution in [-0.2, 0) is 9.47 Å². The molecule has 1 aliphatic carbocycles. The van der Waals surface area contributed by atoms with Gasteiger partial charge in [0.25, 0.3) is 0 Å². The first-order chi connectivity index (χ1) is 9.15. The molecule has 0 amide bonds. The zero-order valence-electron chi connectivity index (χ0n) is 11.3. The monoisotopic (exact) mass is 262 g/mol. The number of carbonyl (C=O) groups is 1. The SMILES string of the molecule is C=C(OCC)c1ccc(C(=O)OC)cc1OC1CC1. The average Bonchev–Trinajstić information content (AvgIpc) is 3.22. The van der Waals surface area contributed by atoms with Crippen LogP contribution in [0.25, 0.3) is 5.76 Å². The molecule has 0 atom stereocenters. The third-order valence-corrected chi connectivity index (χ3v) is 2.84. The van der Waals surface area contributed by atoms with Gasteiger partial charge in [0.05, 0.1) is 30.9 Å². The molecule has 1 aromatic rings. The lowest BCUT2D eigenvalue weighted by atomic mass is 10.1. The minimum atomic E-state index is -0.380. The van der Waals surface area contributed by atoms with Gasteiger partial charge in [-0.25, -0.2) is 4.79 Å². The summed E-state index contributed by atoms with van der Waals surface area (Å²) >= 11 is 0. The molecular formula is C15H18O4. The smallest absolute Gasteiger partial charge is 0.337 e. The van der Waals surface area contributed by atoms with Crippen LogP contribution in [0.4, 0.5) is 0 Å². The van der Waals surface area contributed by atoms with Gasteiger partial charge in [-0.3, -0.25) is 0 Å². The van der Waals surface area contributed by atoms with E-state index in [-0.39, 0.29) is 12.1 Å². The van der Waals surface area contributed by atoms with Gasteiger partial charge in [0.15, 0.2) is 0 Å². The van der Waals surface area contributed by atoms with E-state index in [0.29, 0.717) is 23.7 Å². The maximum absolute atomic E-state index is 11.5. The van der Waals surface area contributed by atoms with Gasteiger partial charge in [-0.15, -0.1) is 0 Å². The second kappa shape index (κ2) is 5.78. The first-order valence-electron chi connectivity index (χ1n) is 6.36. The molecule has 1 saturated carbocycles. The topological polar surface area (TPSA) is 44.8 Å². The second-order valence-electron chi connectivity index (χ2n) is 4.38. The summed E-state index contributed by atoms with van der Waals surface area (Å²) in [7, 11) is 1.36. The predicted molar refractivity (Wildman–Crippen MR) is 72.1 cm³/mol. The van der Waals surface area contributed by atoms with Gasteiger partial charge >= 0.3 is 5.97 Å². The Hall–Kier alpha value is -1.97. The van der Waals surface area contributed by atoms with E-state index in [1.165, 1.54) is 7.11 Å². The van der Waals surface area contributed by atoms with E-state index < -0.39 is 0 Å². The largest absolute Gasteiger partial charge is 0.494 e. The fourth-order valence-corrected chi connectivity index (χ4v) is 1.71. The Labute approximate surface area is 113 Å². The summed E-state index contributed by atoms with van der Waals surface area (Å²) in [6.45, 7) is 6.32. The zero-order chi connectivity index (χ0) is 13.8. The number of rotatable bonds is 6. The molecule has 0 aliphatic heterocycles. The van der Waals surface area contributed by atoms with Crippen molar-refractivity contribution in [3.8, 4) is 5.75 Å². The summed E-state index contributed by atoms with van der Waals surface area (Å²) in [4.78, 5) is 11.5. The van der Waals surface area contributed by atoms with Crippen LogP contribution < -0.4 is 4.74 Å². The van der Waals surface area contributed by atoms with Gasteiger partial charge in [0, 0.05) is 0 Å². The van der Waals surface area contributed by atoms with Crippen LogP contribution in [0.2, 0.25) is 0 Å². The van der Waals surface area contributed by atoms with Crippen molar-refractivity contribution < 1.29 is 19.0 Å². The number of hydrogen-bond donors (Lipinski definition) is 0. The van der Waals surface area contributed by atoms with E-state index >= 15 is 0 Å². The van der Waals surface area contributed by atoms with E-state index in [1.807, 2.05) is 6.92 Å². The quantitative estimate of drug-likeness (QED) is 0.584. The number of esters is 1. The minimum Gasteiger partial charge on any atom is -0.494 e. The Morgan fingerprint density at radius 1 is 1.42 bits per heavy atom. The molecule has 0 aromatic heterocycles. The summed E-state index contributed by atoms with van der Waals surface area (Å²) in [5.74, 6) is 0.799. The highest BCUT2D eigenvalue weighted by molar-refractivity contribution is 5.90. The number of ether oxygens (including phenoxy) is 3. The molecule has 2 rings (SSSR count). The molecule has 102 valence electrons. The fourth-order valence-electron chi connectivity index (χ4n) is 1.71. The Kier molecular flexibility index (Phi) is 4.10. The molecule has 0 bridgehead atoms. The highest BCUT2D eigenvalue weighted by Crippen LogP contribution is 2.33. The summed E-state index contributed by atoms with van der Waals surface area (Å²) in [6, 6.07) is 5.15. The van der Waals surface area contributed by atoms with Gasteiger partial charge in [0.2, 0.25) is 0 Å². The van der Waals surface area contributed by atoms with Crippen molar-refractivity contribution in [3.63, 3.8) is 0 Å². The molecule has 19 heavy (non-hydrogen) atoms. The fraction of sp³-hybridized carbons (Fsp3) is 0.400. The average molecular weight is 262 g/mol. The van der Waals surface area contributed by atoms with Gasteiger partial charge in [-0.1, -0.05) is 6.58 Å². The van der Waals surface area contributed by atoms with Crippen LogP contribution in [0.1, 0.15) is 35.7 Å². The molecule has 0 unspecified atom stereocenters. The molecule has 1 aliphatic rings. The Morgan fingerprint density at radius 3 is 2.74 bits per heavy atom. The lowest BCUT2D eigenvalue weighted by Gasteiger charge is -2.14. The van der Waals surface area contributed by atoms with Crippen molar-refractivity contribution in [2.45, 2.75) is 25.9 Å². The van der Waals surface area contributed by atoms with Gasteiger partial charge in [-0.05, 0) is 38.0 Å². The van der Waals surface area contributed by atoms with Crippen molar-refractivity contribution in [3.05, 3.63) is 35.9 Å². The Balaban J connectivity index is 2.30. The maximum Gasteiger partial charge on any atom is 0.337 e. The minimum absolute atomic E-state index is 0.237. The number of hydrogen-bond acceptors (Lipinski definition) is 4. The van der Waals surface area contributed by atoms with E-state index in [1.54, 1.807) is 18.2 Å². The number of carbonyl (C=O) groups excluding carboxylic acids is 1. The summed E-state index contributed by atoms with van der Waals surface area (Å²) < 4.78 is 15.9. The number of methoxy groups -OCH3 is 1. The van der Waals surface area contributed by atoms with Crippen LogP contribution in [0, 0.1) is 0 Å². The van der Waals surface area contributed by atoms with Crippen molar-refractivity contribution in [2.24, 2.45) is 0 Å². The molecule has 0 radical (unpaired) electrons. The van der Waals surface area contributed by atoms with Crippen LogP contribution >= 0.6 is 0 Å². The lowest BCUT2D eigenvalue weighted by molar-refractivity contribution is 0.0600. The summed E-state index contributed by atoms with van der Waals surface area (Å²) in [5.41, 5.74) is 1.24. The summed E-state index contributed by atoms with van der Waals surface area (Å²) in [6.07, 6.45) is 2.33. The molecule has 0 saturated heterocycles. The maximum atomic E-state index is 11.5. The molecule has 4 nitrogen and oxygen atoms in total. The van der Waals surface area contributed by atoms with E-state index in [4.69, 9.17) is 14.2 Å². The van der Waals surface area contributed by atoms with E-state index in [0.717, 1.165) is 18.4 Å². The highest BCUT2D eigenvalue weighted by Gasteiger charge is 2.25. The summed E-state index contributed by atoms with van der Waals surface area (Å²) in [5, 5.41) is 0. The van der Waals surface area contributed by atoms with E-state index in [2.05, 4.69) is 6.58 Å². The normalized spacial score (nSPS) is 13.8. The van der Waals surface area contributed by atoms with Crippen molar-refractivity contribution in [1.82, 2.24) is 0 Å². The molecule has 4 heteroatoms. The van der Waals surface area contributed by atoms with Gasteiger partial charge in [-0.2, -0.15) is 0 Å². The van der Waals surface area contributed by atoms with Gasteiger partial charge in [0.1, 0.15) is 11.5 Å². The third kappa shape index (κ3) is 3.28. The number of benzene rings is 1. The first-order valence-corrected chi connectivity index (χ1v) is 6.36. The Morgan fingerprint density at radius 2 is 2.16 bits per heavy atom. The van der Waals surface area contributed by atoms with Crippen molar-refractivity contribution in [2.75, 3.05) is 13.7 Å². The standard InChI is InChI=1S/C15H18O4/c1-4-18-10(2)13-8-5-11(15(16)17-3)9-14(13)19-12-6-7-12/h5,8-9,12H,2,4,6-7H2,1,3H3. The van der Waals surface area contributed by atoms with Crippen LogP contribution in [0.15, 0.2) is 24.8 Å². The zero-order valence-corrected chi connectivity index (χ0v) is 11.3. The lowest BCUT2D eigenvalue weighted by Crippen LogP contribution is -2.05. The van der Waals surface area contributed by atoms with Crippen LogP contribution in [-0.4, -0.2) is 25.8 Å². The van der Waals surface area contributed by atoms with Crippen molar-refractivity contribution >= 4 is 11.7 Å². The molecule has 0 N–H and O–H groups in total. The van der Waals surface area contributed by atoms with Gasteiger partial charge < -0.3 is 14.2 Å². The Bertz CT molecular complexity index is 489. The first kappa shape index (κ1) is 13.5. The molecular weight excluding hydrogens is 244 g/mol. The third-order valence-electron chi connectivity index (χ3n) is 2.84. The molecule has 1 aromatic carbocycles. The van der Waals surface area contributed by atoms with E-state index in [9.17, 15) is 4.79 Å². The molecule has 0 spiro atoms. The highest BCUT2D eigenvalue weighted by atomic mass is 16.5. The predicted octanol–water partition coefficient (Wildman–Crippen LogP) is 3.02. The van der Waals surface area contributed by atoms with Crippen LogP contribution in [0.3, 0.4) is 0 Å². The van der Waals surface area contributed by atoms with Crippen LogP contribution in [0.5, 0.6) is 5.75 Å². The second-order valence-corrected chi connectivity index (χ2v) is 4.38. The molecule has 1 fully saturated rings. The molecule has 0 heterocycles. The van der Waals surface area contributed by atoms with Crippen molar-refractivity contribution in [1.29, 1.82) is 0 Å².